The molecule has 0 amide bonds. The van der Waals surface area contributed by atoms with Crippen LogP contribution >= 0.6 is 0 Å². The van der Waals surface area contributed by atoms with Crippen LogP contribution in [0, 0.1) is 0 Å². The Hall–Kier alpha value is -3.54. The minimum atomic E-state index is 0.395. The largest absolute Gasteiger partial charge is 0.368 e. The minimum absolute atomic E-state index is 0.395. The van der Waals surface area contributed by atoms with Gasteiger partial charge in [-0.2, -0.15) is 0 Å². The molecule has 6 nitrogen and oxygen atoms in total. The van der Waals surface area contributed by atoms with Gasteiger partial charge in [0.2, 0.25) is 0 Å². The summed E-state index contributed by atoms with van der Waals surface area (Å²) in [6.07, 6.45) is 8.02. The number of fused-ring (bicyclic) bond motifs is 1. The van der Waals surface area contributed by atoms with Crippen LogP contribution in [0.5, 0.6) is 0 Å². The second kappa shape index (κ2) is 8.02. The second-order valence-electron chi connectivity index (χ2n) is 5.44. The number of nitrogens with one attached hydrogen (secondary N) is 1. The van der Waals surface area contributed by atoms with E-state index in [2.05, 4.69) is 28.4 Å². The van der Waals surface area contributed by atoms with Crippen LogP contribution in [0.4, 0.5) is 5.82 Å². The smallest absolute Gasteiger partial charge is 0.170 e. The number of nitrogens with zero attached hydrogens (tertiary/aromatic N) is 4. The van der Waals surface area contributed by atoms with Gasteiger partial charge in [0, 0.05) is 24.2 Å². The van der Waals surface area contributed by atoms with E-state index in [0.717, 1.165) is 17.5 Å². The van der Waals surface area contributed by atoms with E-state index in [4.69, 9.17) is 4.98 Å². The van der Waals surface area contributed by atoms with Gasteiger partial charge in [-0.3, -0.25) is 4.57 Å². The maximum absolute atomic E-state index is 10.6. The van der Waals surface area contributed by atoms with E-state index in [-0.39, 0.29) is 0 Å². The number of aromatic nitrogens is 4. The van der Waals surface area contributed by atoms with Gasteiger partial charge in [0.05, 0.1) is 0 Å². The molecule has 0 aliphatic carbocycles. The quantitative estimate of drug-likeness (QED) is 0.384. The maximum Gasteiger partial charge on any atom is 0.170 e. The van der Waals surface area contributed by atoms with Crippen molar-refractivity contribution < 1.29 is 4.79 Å². The summed E-state index contributed by atoms with van der Waals surface area (Å²) in [6, 6.07) is 9.85. The Morgan fingerprint density at radius 3 is 2.69 bits per heavy atom. The third-order valence-electron chi connectivity index (χ3n) is 3.79. The summed E-state index contributed by atoms with van der Waals surface area (Å²) in [5.41, 5.74) is 3.06. The molecule has 1 aromatic carbocycles. The summed E-state index contributed by atoms with van der Waals surface area (Å²) in [5, 5.41) is 3.15. The highest BCUT2D eigenvalue weighted by atomic mass is 16.1. The number of aldehydes is 1. The molecule has 0 saturated carbocycles. The summed E-state index contributed by atoms with van der Waals surface area (Å²) in [4.78, 5) is 24.1. The minimum Gasteiger partial charge on any atom is -0.368 e. The van der Waals surface area contributed by atoms with Crippen molar-refractivity contribution in [3.05, 3.63) is 73.9 Å². The van der Waals surface area contributed by atoms with Crippen LogP contribution in [-0.2, 0) is 4.79 Å². The second-order valence-corrected chi connectivity index (χ2v) is 5.44. The van der Waals surface area contributed by atoms with Crippen LogP contribution in [0.25, 0.3) is 22.4 Å². The van der Waals surface area contributed by atoms with Crippen molar-refractivity contribution in [3.63, 3.8) is 0 Å². The highest BCUT2D eigenvalue weighted by Gasteiger charge is 2.18. The Labute approximate surface area is 151 Å². The number of carbonyl (C=O) groups is 1. The SMILES string of the molecule is C=C/C=C(\C=C)c1nc2c(NCCC=O)ncnc2n1-c1ccccc1. The molecular formula is C20H19N5O. The van der Waals surface area contributed by atoms with Crippen molar-refractivity contribution in [2.75, 3.05) is 11.9 Å². The lowest BCUT2D eigenvalue weighted by Gasteiger charge is -2.09. The first-order valence-corrected chi connectivity index (χ1v) is 8.22. The van der Waals surface area contributed by atoms with Crippen molar-refractivity contribution in [2.45, 2.75) is 6.42 Å². The molecular weight excluding hydrogens is 326 g/mol. The van der Waals surface area contributed by atoms with Crippen molar-refractivity contribution >= 4 is 28.8 Å². The van der Waals surface area contributed by atoms with Crippen molar-refractivity contribution in [2.24, 2.45) is 0 Å². The Morgan fingerprint density at radius 1 is 1.19 bits per heavy atom. The molecule has 6 heteroatoms. The normalized spacial score (nSPS) is 11.3. The number of imidazole rings is 1. The van der Waals surface area contributed by atoms with Crippen LogP contribution in [-0.4, -0.2) is 32.3 Å². The predicted molar refractivity (Wildman–Crippen MR) is 104 cm³/mol. The molecule has 3 aromatic rings. The first-order valence-electron chi connectivity index (χ1n) is 8.22. The lowest BCUT2D eigenvalue weighted by atomic mass is 10.2. The molecule has 0 saturated heterocycles. The number of hydrogen-bond donors (Lipinski definition) is 1. The fourth-order valence-corrected chi connectivity index (χ4v) is 2.65. The van der Waals surface area contributed by atoms with E-state index in [9.17, 15) is 4.79 Å². The van der Waals surface area contributed by atoms with E-state index in [1.165, 1.54) is 6.33 Å². The van der Waals surface area contributed by atoms with E-state index >= 15 is 0 Å². The lowest BCUT2D eigenvalue weighted by molar-refractivity contribution is -0.107. The molecule has 0 atom stereocenters. The van der Waals surface area contributed by atoms with E-state index in [0.29, 0.717) is 35.8 Å². The molecule has 2 aromatic heterocycles. The summed E-state index contributed by atoms with van der Waals surface area (Å²) in [5.74, 6) is 1.29. The van der Waals surface area contributed by atoms with Gasteiger partial charge < -0.3 is 10.1 Å². The van der Waals surface area contributed by atoms with Crippen LogP contribution < -0.4 is 5.32 Å². The standard InChI is InChI=1S/C20H19N5O/c1-3-9-15(4-2)19-24-17-18(21-12-8-13-26)22-14-23-20(17)25(19)16-10-6-5-7-11-16/h3-7,9-11,13-14H,1-2,8,12H2,(H,21,22,23)/b15-9+. The van der Waals surface area contributed by atoms with Gasteiger partial charge in [0.1, 0.15) is 18.4 Å². The number of allylic oxidation sites excluding steroid dienone is 4. The van der Waals surface area contributed by atoms with Gasteiger partial charge in [0.15, 0.2) is 17.0 Å². The van der Waals surface area contributed by atoms with Gasteiger partial charge in [-0.1, -0.05) is 49.6 Å². The molecule has 2 heterocycles. The molecule has 0 radical (unpaired) electrons. The van der Waals surface area contributed by atoms with Crippen LogP contribution in [0.1, 0.15) is 12.2 Å². The third kappa shape index (κ3) is 3.30. The Morgan fingerprint density at radius 2 is 2.00 bits per heavy atom. The third-order valence-corrected chi connectivity index (χ3v) is 3.79. The average molecular weight is 345 g/mol. The van der Waals surface area contributed by atoms with E-state index in [1.54, 1.807) is 12.2 Å². The molecule has 0 aliphatic rings. The topological polar surface area (TPSA) is 72.7 Å². The number of rotatable bonds is 8. The molecule has 26 heavy (non-hydrogen) atoms. The van der Waals surface area contributed by atoms with Crippen LogP contribution in [0.2, 0.25) is 0 Å². The molecule has 0 unspecified atom stereocenters. The number of carbonyl (C=O) groups excluding carboxylic acids is 1. The summed E-state index contributed by atoms with van der Waals surface area (Å²) >= 11 is 0. The summed E-state index contributed by atoms with van der Waals surface area (Å²) in [7, 11) is 0. The molecule has 0 spiro atoms. The fourth-order valence-electron chi connectivity index (χ4n) is 2.65. The highest BCUT2D eigenvalue weighted by molar-refractivity contribution is 5.88. The zero-order valence-corrected chi connectivity index (χ0v) is 14.3. The first kappa shape index (κ1) is 17.3. The van der Waals surface area contributed by atoms with Crippen LogP contribution in [0.3, 0.4) is 0 Å². The monoisotopic (exact) mass is 345 g/mol. The van der Waals surface area contributed by atoms with Gasteiger partial charge in [-0.25, -0.2) is 15.0 Å². The van der Waals surface area contributed by atoms with Gasteiger partial charge in [-0.05, 0) is 12.1 Å². The van der Waals surface area contributed by atoms with Crippen molar-refractivity contribution in [3.8, 4) is 5.69 Å². The number of hydrogen-bond acceptors (Lipinski definition) is 5. The molecule has 0 aliphatic heterocycles. The summed E-state index contributed by atoms with van der Waals surface area (Å²) < 4.78 is 1.96. The van der Waals surface area contributed by atoms with E-state index < -0.39 is 0 Å². The van der Waals surface area contributed by atoms with Gasteiger partial charge in [0.25, 0.3) is 0 Å². The van der Waals surface area contributed by atoms with E-state index in [1.807, 2.05) is 41.0 Å². The van der Waals surface area contributed by atoms with Gasteiger partial charge >= 0.3 is 0 Å². The Kier molecular flexibility index (Phi) is 5.34. The molecule has 1 N–H and O–H groups in total. The number of anilines is 1. The first-order chi connectivity index (χ1) is 12.8. The Bertz CT molecular complexity index is 973. The highest BCUT2D eigenvalue weighted by Crippen LogP contribution is 2.28. The predicted octanol–water partition coefficient (Wildman–Crippen LogP) is 3.57. The zero-order valence-electron chi connectivity index (χ0n) is 14.3. The fraction of sp³-hybridized carbons (Fsp3) is 0.100. The molecule has 3 rings (SSSR count). The van der Waals surface area contributed by atoms with Crippen molar-refractivity contribution in [1.82, 2.24) is 19.5 Å². The van der Waals surface area contributed by atoms with Crippen LogP contribution in [0.15, 0.2) is 68.0 Å². The maximum atomic E-state index is 10.6. The zero-order chi connectivity index (χ0) is 18.4. The van der Waals surface area contributed by atoms with Gasteiger partial charge in [-0.15, -0.1) is 0 Å². The Balaban J connectivity index is 2.25. The molecule has 130 valence electrons. The molecule has 0 fully saturated rings. The molecule has 0 bridgehead atoms. The number of benzene rings is 1. The lowest BCUT2D eigenvalue weighted by Crippen LogP contribution is -2.05. The summed E-state index contributed by atoms with van der Waals surface area (Å²) in [6.45, 7) is 8.13. The number of para-hydroxylation sites is 1. The van der Waals surface area contributed by atoms with Crippen molar-refractivity contribution in [1.29, 1.82) is 0 Å². The average Bonchev–Trinajstić information content (AvgIpc) is 3.07.